The third kappa shape index (κ3) is 5.68. The summed E-state index contributed by atoms with van der Waals surface area (Å²) in [5, 5.41) is 6.02. The van der Waals surface area contributed by atoms with Crippen LogP contribution in [0.1, 0.15) is 24.4 Å². The van der Waals surface area contributed by atoms with Crippen LogP contribution in [-0.2, 0) is 11.3 Å². The molecule has 0 fully saturated rings. The molecule has 35 heavy (non-hydrogen) atoms. The van der Waals surface area contributed by atoms with Gasteiger partial charge in [-0.15, -0.1) is 0 Å². The summed E-state index contributed by atoms with van der Waals surface area (Å²) in [5.41, 5.74) is 8.60. The van der Waals surface area contributed by atoms with Crippen LogP contribution in [0.2, 0.25) is 5.02 Å². The van der Waals surface area contributed by atoms with Crippen LogP contribution in [0.3, 0.4) is 0 Å². The van der Waals surface area contributed by atoms with E-state index in [1.54, 1.807) is 42.5 Å². The Balaban J connectivity index is 1.73. The van der Waals surface area contributed by atoms with Crippen LogP contribution in [0.15, 0.2) is 77.6 Å². The molecule has 3 aromatic carbocycles. The van der Waals surface area contributed by atoms with Gasteiger partial charge in [0.05, 0.1) is 40.9 Å². The molecule has 0 spiro atoms. The summed E-state index contributed by atoms with van der Waals surface area (Å²) in [4.78, 5) is 30.3. The number of nitrogens with two attached hydrogens (primary N) is 1. The number of carbonyl (C=O) groups is 1. The van der Waals surface area contributed by atoms with Gasteiger partial charge in [0.15, 0.2) is 0 Å². The van der Waals surface area contributed by atoms with Crippen molar-refractivity contribution in [3.63, 3.8) is 0 Å². The van der Waals surface area contributed by atoms with Crippen molar-refractivity contribution in [2.24, 2.45) is 5.73 Å². The van der Waals surface area contributed by atoms with Crippen molar-refractivity contribution in [3.8, 4) is 5.69 Å². The number of nitrogens with zero attached hydrogens (tertiary/aromatic N) is 2. The van der Waals surface area contributed by atoms with Gasteiger partial charge in [0.2, 0.25) is 0 Å². The Bertz CT molecular complexity index is 1390. The molecule has 4 N–H and O–H groups in total. The van der Waals surface area contributed by atoms with E-state index < -0.39 is 6.04 Å². The zero-order valence-corrected chi connectivity index (χ0v) is 20.0. The molecule has 1 unspecified atom stereocenters. The van der Waals surface area contributed by atoms with E-state index in [1.165, 1.54) is 4.57 Å². The monoisotopic (exact) mass is 491 g/mol. The fraction of sp³-hybridized carbons (Fsp3) is 0.192. The maximum absolute atomic E-state index is 13.6. The molecule has 0 saturated carbocycles. The number of halogens is 1. The van der Waals surface area contributed by atoms with Gasteiger partial charge in [-0.25, -0.2) is 9.78 Å². The molecule has 4 aromatic rings. The smallest absolute Gasteiger partial charge is 0.319 e. The number of rotatable bonds is 8. The van der Waals surface area contributed by atoms with Gasteiger partial charge in [0.25, 0.3) is 5.56 Å². The number of amides is 2. The van der Waals surface area contributed by atoms with Crippen molar-refractivity contribution >= 4 is 34.2 Å². The Kier molecular flexibility index (Phi) is 7.77. The molecule has 9 heteroatoms. The molecular weight excluding hydrogens is 466 g/mol. The largest absolute Gasteiger partial charge is 0.375 e. The zero-order valence-electron chi connectivity index (χ0n) is 19.2. The molecule has 180 valence electrons. The maximum Gasteiger partial charge on any atom is 0.319 e. The second-order valence-corrected chi connectivity index (χ2v) is 8.29. The molecule has 0 radical (unpaired) electrons. The highest BCUT2D eigenvalue weighted by atomic mass is 35.5. The number of urea groups is 1. The Morgan fingerprint density at radius 2 is 1.89 bits per heavy atom. The Labute approximate surface area is 207 Å². The lowest BCUT2D eigenvalue weighted by Gasteiger charge is -2.19. The number of fused-ring (bicyclic) bond motifs is 1. The fourth-order valence-corrected chi connectivity index (χ4v) is 3.97. The van der Waals surface area contributed by atoms with Gasteiger partial charge in [-0.1, -0.05) is 54.1 Å². The molecule has 1 atom stereocenters. The average Bonchev–Trinajstić information content (AvgIpc) is 2.84. The van der Waals surface area contributed by atoms with Crippen LogP contribution < -0.4 is 21.9 Å². The van der Waals surface area contributed by atoms with Crippen LogP contribution in [0.4, 0.5) is 10.5 Å². The molecule has 0 bridgehead atoms. The summed E-state index contributed by atoms with van der Waals surface area (Å²) >= 11 is 6.37. The van der Waals surface area contributed by atoms with E-state index in [0.29, 0.717) is 40.9 Å². The van der Waals surface area contributed by atoms with Crippen molar-refractivity contribution in [2.45, 2.75) is 19.6 Å². The minimum absolute atomic E-state index is 0.143. The van der Waals surface area contributed by atoms with Crippen molar-refractivity contribution in [3.05, 3.63) is 99.6 Å². The third-order valence-corrected chi connectivity index (χ3v) is 5.63. The van der Waals surface area contributed by atoms with Crippen LogP contribution in [0.25, 0.3) is 16.6 Å². The van der Waals surface area contributed by atoms with Crippen molar-refractivity contribution < 1.29 is 9.53 Å². The van der Waals surface area contributed by atoms with Gasteiger partial charge in [-0.05, 0) is 42.8 Å². The molecule has 8 nitrogen and oxygen atoms in total. The molecule has 0 saturated heterocycles. The number of aromatic nitrogens is 2. The van der Waals surface area contributed by atoms with E-state index in [0.717, 1.165) is 5.56 Å². The Morgan fingerprint density at radius 1 is 1.11 bits per heavy atom. The number of benzene rings is 3. The first-order valence-electron chi connectivity index (χ1n) is 11.2. The van der Waals surface area contributed by atoms with Crippen molar-refractivity contribution in [2.75, 3.05) is 18.5 Å². The molecular formula is C26H26ClN5O3. The molecule has 1 heterocycles. The van der Waals surface area contributed by atoms with E-state index in [2.05, 4.69) is 10.6 Å². The van der Waals surface area contributed by atoms with E-state index in [1.807, 2.05) is 37.3 Å². The number of carbonyl (C=O) groups excluding carboxylic acids is 1. The topological polar surface area (TPSA) is 111 Å². The van der Waals surface area contributed by atoms with E-state index >= 15 is 0 Å². The highest BCUT2D eigenvalue weighted by Crippen LogP contribution is 2.23. The second kappa shape index (κ2) is 11.1. The number of hydrogen-bond donors (Lipinski definition) is 3. The molecule has 2 amide bonds. The van der Waals surface area contributed by atoms with Gasteiger partial charge in [0, 0.05) is 12.2 Å². The van der Waals surface area contributed by atoms with Gasteiger partial charge in [-0.2, -0.15) is 0 Å². The molecule has 0 aliphatic carbocycles. The molecule has 4 rings (SSSR count). The minimum atomic E-state index is -0.699. The normalized spacial score (nSPS) is 11.9. The SMILES string of the molecule is CCNC(=O)Nc1cccc(-n2c(C(N)COCc3ccccc3)nc3cccc(Cl)c3c2=O)c1. The van der Waals surface area contributed by atoms with Crippen molar-refractivity contribution in [1.82, 2.24) is 14.9 Å². The Morgan fingerprint density at radius 3 is 2.66 bits per heavy atom. The summed E-state index contributed by atoms with van der Waals surface area (Å²) in [5.74, 6) is 0.327. The predicted molar refractivity (Wildman–Crippen MR) is 138 cm³/mol. The van der Waals surface area contributed by atoms with E-state index in [4.69, 9.17) is 27.1 Å². The van der Waals surface area contributed by atoms with Gasteiger partial charge >= 0.3 is 6.03 Å². The number of nitrogens with one attached hydrogen (secondary N) is 2. The Hall–Kier alpha value is -3.72. The summed E-state index contributed by atoms with van der Waals surface area (Å²) in [6.07, 6.45) is 0. The highest BCUT2D eigenvalue weighted by Gasteiger charge is 2.20. The fourth-order valence-electron chi connectivity index (χ4n) is 3.72. The van der Waals surface area contributed by atoms with Crippen LogP contribution in [0, 0.1) is 0 Å². The van der Waals surface area contributed by atoms with Crippen molar-refractivity contribution in [1.29, 1.82) is 0 Å². The minimum Gasteiger partial charge on any atom is -0.375 e. The standard InChI is InChI=1S/C26H26ClN5O3/c1-2-29-26(34)30-18-10-6-11-19(14-18)32-24(21(28)16-35-15-17-8-4-3-5-9-17)31-22-13-7-12-20(27)23(22)25(32)33/h3-14,21H,2,15-16,28H2,1H3,(H2,29,30,34). The lowest BCUT2D eigenvalue weighted by atomic mass is 10.2. The zero-order chi connectivity index (χ0) is 24.8. The summed E-state index contributed by atoms with van der Waals surface area (Å²) in [6.45, 7) is 2.84. The van der Waals surface area contributed by atoms with Crippen LogP contribution in [0.5, 0.6) is 0 Å². The van der Waals surface area contributed by atoms with Gasteiger partial charge < -0.3 is 21.1 Å². The summed E-state index contributed by atoms with van der Waals surface area (Å²) in [7, 11) is 0. The first kappa shape index (κ1) is 24.4. The quantitative estimate of drug-likeness (QED) is 0.338. The first-order valence-corrected chi connectivity index (χ1v) is 11.6. The number of hydrogen-bond acceptors (Lipinski definition) is 5. The highest BCUT2D eigenvalue weighted by molar-refractivity contribution is 6.35. The molecule has 0 aliphatic rings. The van der Waals surface area contributed by atoms with Crippen LogP contribution >= 0.6 is 11.6 Å². The first-order chi connectivity index (χ1) is 17.0. The van der Waals surface area contributed by atoms with E-state index in [-0.39, 0.29) is 23.6 Å². The van der Waals surface area contributed by atoms with Crippen LogP contribution in [-0.4, -0.2) is 28.7 Å². The lowest BCUT2D eigenvalue weighted by molar-refractivity contribution is 0.105. The summed E-state index contributed by atoms with van der Waals surface area (Å²) in [6, 6.07) is 20.7. The van der Waals surface area contributed by atoms with Gasteiger partial charge in [-0.3, -0.25) is 9.36 Å². The second-order valence-electron chi connectivity index (χ2n) is 7.89. The van der Waals surface area contributed by atoms with E-state index in [9.17, 15) is 9.59 Å². The number of anilines is 1. The predicted octanol–water partition coefficient (Wildman–Crippen LogP) is 4.40. The number of ether oxygens (including phenoxy) is 1. The lowest BCUT2D eigenvalue weighted by Crippen LogP contribution is -2.31. The summed E-state index contributed by atoms with van der Waals surface area (Å²) < 4.78 is 7.26. The third-order valence-electron chi connectivity index (χ3n) is 5.31. The average molecular weight is 492 g/mol. The molecule has 0 aliphatic heterocycles. The maximum atomic E-state index is 13.6. The molecule has 1 aromatic heterocycles. The van der Waals surface area contributed by atoms with Gasteiger partial charge in [0.1, 0.15) is 5.82 Å².